The van der Waals surface area contributed by atoms with Gasteiger partial charge in [0.25, 0.3) is 0 Å². The van der Waals surface area contributed by atoms with Gasteiger partial charge in [-0.1, -0.05) is 87.3 Å². The SMILES string of the molecule is CCCCCC[C@H]1C(=O)O[C@H](C)[C@@H](O)\C=C/C=C\C=C/C=C\C=C(\C)[C@@H](O)C[C@H](O)C[C@H](O)C[C@H](O)C[C@H](O)C[C@H](O)C[C@@H]1O. The van der Waals surface area contributed by atoms with Gasteiger partial charge in [0.1, 0.15) is 12.2 Å². The Labute approximate surface area is 268 Å². The molecule has 0 bridgehead atoms. The molecule has 0 aliphatic carbocycles. The van der Waals surface area contributed by atoms with Crippen LogP contribution in [0.4, 0.5) is 0 Å². The van der Waals surface area contributed by atoms with Gasteiger partial charge in [-0.3, -0.25) is 4.79 Å². The maximum atomic E-state index is 13.1. The summed E-state index contributed by atoms with van der Waals surface area (Å²) in [6, 6.07) is 0. The lowest BCUT2D eigenvalue weighted by Crippen LogP contribution is -2.37. The summed E-state index contributed by atoms with van der Waals surface area (Å²) in [4.78, 5) is 13.1. The highest BCUT2D eigenvalue weighted by molar-refractivity contribution is 5.73. The van der Waals surface area contributed by atoms with E-state index in [1.165, 1.54) is 6.08 Å². The number of ether oxygens (including phenoxy) is 1. The normalized spacial score (nSPS) is 38.5. The van der Waals surface area contributed by atoms with E-state index in [1.54, 1.807) is 62.5 Å². The second kappa shape index (κ2) is 23.2. The standard InChI is InChI=1S/C35H58O10/c1-4-5-6-13-16-31-34(43)23-30(40)21-28(38)19-26(36)18-27(37)20-29(39)22-33(42)24(2)15-12-10-8-7-9-11-14-17-32(41)25(3)45-35(31)44/h7-12,14-15,17,25-34,36-43H,4-6,13,16,18-23H2,1-3H3/b8-7-,11-9-,12-10-,17-14-,24-15-/t25-,26+,27-,28+,29-,30+,31-,32+,33+,34+/m1/s1. The van der Waals surface area contributed by atoms with E-state index in [1.807, 2.05) is 0 Å². The smallest absolute Gasteiger partial charge is 0.311 e. The first-order valence-corrected chi connectivity index (χ1v) is 16.3. The molecule has 0 radical (unpaired) electrons. The molecule has 0 fully saturated rings. The third-order valence-electron chi connectivity index (χ3n) is 7.96. The molecule has 8 N–H and O–H groups in total. The largest absolute Gasteiger partial charge is 0.459 e. The minimum atomic E-state index is -1.25. The maximum absolute atomic E-state index is 13.1. The van der Waals surface area contributed by atoms with Gasteiger partial charge in [-0.05, 0) is 51.5 Å². The number of esters is 1. The Morgan fingerprint density at radius 3 is 1.71 bits per heavy atom. The van der Waals surface area contributed by atoms with Gasteiger partial charge in [-0.25, -0.2) is 0 Å². The van der Waals surface area contributed by atoms with Gasteiger partial charge in [0.2, 0.25) is 0 Å². The van der Waals surface area contributed by atoms with Crippen molar-refractivity contribution in [3.63, 3.8) is 0 Å². The van der Waals surface area contributed by atoms with Crippen LogP contribution in [0, 0.1) is 5.92 Å². The molecule has 258 valence electrons. The molecule has 0 aromatic heterocycles. The lowest BCUT2D eigenvalue weighted by molar-refractivity contribution is -0.162. The van der Waals surface area contributed by atoms with Gasteiger partial charge in [0.15, 0.2) is 0 Å². The molecule has 10 atom stereocenters. The van der Waals surface area contributed by atoms with Crippen LogP contribution >= 0.6 is 0 Å². The fraction of sp³-hybridized carbons (Fsp3) is 0.686. The predicted molar refractivity (Wildman–Crippen MR) is 174 cm³/mol. The highest BCUT2D eigenvalue weighted by atomic mass is 16.6. The van der Waals surface area contributed by atoms with Crippen LogP contribution in [0.3, 0.4) is 0 Å². The molecule has 1 rings (SSSR count). The summed E-state index contributed by atoms with van der Waals surface area (Å²) < 4.78 is 5.51. The Kier molecular flexibility index (Phi) is 21.1. The number of unbranched alkanes of at least 4 members (excludes halogenated alkanes) is 3. The van der Waals surface area contributed by atoms with Gasteiger partial charge in [-0.2, -0.15) is 0 Å². The summed E-state index contributed by atoms with van der Waals surface area (Å²) in [7, 11) is 0. The summed E-state index contributed by atoms with van der Waals surface area (Å²) in [5.74, 6) is -1.60. The van der Waals surface area contributed by atoms with Crippen LogP contribution in [0.25, 0.3) is 0 Å². The zero-order valence-corrected chi connectivity index (χ0v) is 27.1. The second-order valence-electron chi connectivity index (χ2n) is 12.3. The number of hydrogen-bond acceptors (Lipinski definition) is 10. The lowest BCUT2D eigenvalue weighted by Gasteiger charge is -2.27. The molecule has 0 saturated carbocycles. The summed E-state index contributed by atoms with van der Waals surface area (Å²) in [5.41, 5.74) is 0.623. The number of aliphatic hydroxyl groups excluding tert-OH is 8. The van der Waals surface area contributed by atoms with Crippen LogP contribution in [0.15, 0.2) is 60.3 Å². The van der Waals surface area contributed by atoms with Crippen LogP contribution in [-0.2, 0) is 9.53 Å². The molecule has 1 aliphatic rings. The van der Waals surface area contributed by atoms with Crippen LogP contribution in [0.1, 0.15) is 91.4 Å². The Morgan fingerprint density at radius 2 is 1.16 bits per heavy atom. The Morgan fingerprint density at radius 1 is 0.667 bits per heavy atom. The van der Waals surface area contributed by atoms with E-state index in [9.17, 15) is 45.6 Å². The van der Waals surface area contributed by atoms with Crippen LogP contribution in [0.5, 0.6) is 0 Å². The molecule has 0 aromatic rings. The molecule has 0 spiro atoms. The minimum Gasteiger partial charge on any atom is -0.459 e. The fourth-order valence-electron chi connectivity index (χ4n) is 5.20. The van der Waals surface area contributed by atoms with Crippen molar-refractivity contribution in [2.45, 2.75) is 146 Å². The number of cyclic esters (lactones) is 1. The maximum Gasteiger partial charge on any atom is 0.311 e. The number of hydrogen-bond donors (Lipinski definition) is 8. The zero-order chi connectivity index (χ0) is 33.8. The van der Waals surface area contributed by atoms with Gasteiger partial charge in [0.05, 0.1) is 48.6 Å². The fourth-order valence-corrected chi connectivity index (χ4v) is 5.20. The Hall–Kier alpha value is -2.15. The van der Waals surface area contributed by atoms with E-state index in [0.29, 0.717) is 18.4 Å². The molecule has 10 heteroatoms. The monoisotopic (exact) mass is 638 g/mol. The third kappa shape index (κ3) is 18.6. The van der Waals surface area contributed by atoms with E-state index in [4.69, 9.17) is 4.74 Å². The number of carbonyl (C=O) groups excluding carboxylic acids is 1. The first-order valence-electron chi connectivity index (χ1n) is 16.3. The van der Waals surface area contributed by atoms with Crippen molar-refractivity contribution in [3.8, 4) is 0 Å². The average molecular weight is 639 g/mol. The van der Waals surface area contributed by atoms with E-state index >= 15 is 0 Å². The topological polar surface area (TPSA) is 188 Å². The average Bonchev–Trinajstić information content (AvgIpc) is 2.94. The third-order valence-corrected chi connectivity index (χ3v) is 7.96. The summed E-state index contributed by atoms with van der Waals surface area (Å²) in [5, 5.41) is 83.9. The van der Waals surface area contributed by atoms with E-state index < -0.39 is 66.8 Å². The molecule has 45 heavy (non-hydrogen) atoms. The molecule has 0 saturated heterocycles. The highest BCUT2D eigenvalue weighted by Crippen LogP contribution is 2.23. The molecular formula is C35H58O10. The van der Waals surface area contributed by atoms with Crippen LogP contribution < -0.4 is 0 Å². The number of aliphatic hydroxyl groups is 8. The van der Waals surface area contributed by atoms with Crippen molar-refractivity contribution in [3.05, 3.63) is 60.3 Å². The Bertz CT molecular complexity index is 958. The van der Waals surface area contributed by atoms with E-state index in [2.05, 4.69) is 6.92 Å². The lowest BCUT2D eigenvalue weighted by atomic mass is 9.90. The molecule has 10 nitrogen and oxygen atoms in total. The second-order valence-corrected chi connectivity index (χ2v) is 12.3. The van der Waals surface area contributed by atoms with Crippen molar-refractivity contribution < 1.29 is 50.4 Å². The van der Waals surface area contributed by atoms with Crippen molar-refractivity contribution in [2.75, 3.05) is 0 Å². The number of allylic oxidation sites excluding steroid dienone is 8. The molecule has 1 aliphatic heterocycles. The predicted octanol–water partition coefficient (Wildman–Crippen LogP) is 2.92. The van der Waals surface area contributed by atoms with Crippen molar-refractivity contribution >= 4 is 5.97 Å². The van der Waals surface area contributed by atoms with Gasteiger partial charge >= 0.3 is 5.97 Å². The summed E-state index contributed by atoms with van der Waals surface area (Å²) >= 11 is 0. The summed E-state index contributed by atoms with van der Waals surface area (Å²) in [6.07, 6.45) is 8.77. The van der Waals surface area contributed by atoms with E-state index in [-0.39, 0.29) is 38.5 Å². The van der Waals surface area contributed by atoms with Crippen molar-refractivity contribution in [2.24, 2.45) is 5.92 Å². The van der Waals surface area contributed by atoms with Gasteiger partial charge in [0, 0.05) is 12.8 Å². The Balaban J connectivity index is 3.08. The first kappa shape index (κ1) is 40.9. The van der Waals surface area contributed by atoms with Crippen molar-refractivity contribution in [1.29, 1.82) is 0 Å². The number of carbonyl (C=O) groups is 1. The molecule has 1 heterocycles. The molecule has 0 aromatic carbocycles. The number of rotatable bonds is 5. The highest BCUT2D eigenvalue weighted by Gasteiger charge is 2.32. The quantitative estimate of drug-likeness (QED) is 0.164. The van der Waals surface area contributed by atoms with E-state index in [0.717, 1.165) is 19.3 Å². The van der Waals surface area contributed by atoms with Gasteiger partial charge < -0.3 is 45.6 Å². The molecule has 0 amide bonds. The minimum absolute atomic E-state index is 0.00297. The van der Waals surface area contributed by atoms with Crippen LogP contribution in [0.2, 0.25) is 0 Å². The van der Waals surface area contributed by atoms with Crippen LogP contribution in [-0.4, -0.2) is 102 Å². The summed E-state index contributed by atoms with van der Waals surface area (Å²) in [6.45, 7) is 5.34. The van der Waals surface area contributed by atoms with Gasteiger partial charge in [-0.15, -0.1) is 0 Å². The molecular weight excluding hydrogens is 580 g/mol. The first-order chi connectivity index (χ1) is 21.3. The molecule has 0 unspecified atom stereocenters. The van der Waals surface area contributed by atoms with Crippen molar-refractivity contribution in [1.82, 2.24) is 0 Å². The zero-order valence-electron chi connectivity index (χ0n) is 27.1.